The minimum Gasteiger partial charge on any atom is -0.398 e. The molecule has 1 aromatic carbocycles. The summed E-state index contributed by atoms with van der Waals surface area (Å²) in [5.74, 6) is 0.651. The third-order valence-corrected chi connectivity index (χ3v) is 2.84. The van der Waals surface area contributed by atoms with Crippen LogP contribution in [0, 0.1) is 6.92 Å². The Balaban J connectivity index is 1.97. The minimum atomic E-state index is 0.462. The zero-order valence-corrected chi connectivity index (χ0v) is 9.09. The first-order valence-electron chi connectivity index (χ1n) is 5.40. The van der Waals surface area contributed by atoms with Crippen molar-refractivity contribution >= 4 is 5.69 Å². The Morgan fingerprint density at radius 1 is 1.38 bits per heavy atom. The maximum Gasteiger partial charge on any atom is 0.205 e. The summed E-state index contributed by atoms with van der Waals surface area (Å²) in [5.41, 5.74) is 8.61. The molecule has 16 heavy (non-hydrogen) atoms. The summed E-state index contributed by atoms with van der Waals surface area (Å²) in [6, 6.07) is 6.30. The van der Waals surface area contributed by atoms with Gasteiger partial charge in [0.2, 0.25) is 5.82 Å². The van der Waals surface area contributed by atoms with Gasteiger partial charge >= 0.3 is 0 Å². The molecule has 0 amide bonds. The zero-order valence-electron chi connectivity index (χ0n) is 9.09. The molecule has 1 heterocycles. The van der Waals surface area contributed by atoms with Crippen LogP contribution in [0.5, 0.6) is 0 Å². The number of tetrazole rings is 1. The second-order valence-corrected chi connectivity index (χ2v) is 4.24. The molecule has 0 radical (unpaired) electrons. The summed E-state index contributed by atoms with van der Waals surface area (Å²) < 4.78 is 0. The standard InChI is InChI=1S/C11H13N5/c1-7-2-3-8(6-10(7)12)11-13-15-16(14-11)9-4-5-9/h2-3,6,9H,4-5,12H2,1H3. The highest BCUT2D eigenvalue weighted by molar-refractivity contribution is 5.62. The van der Waals surface area contributed by atoms with E-state index >= 15 is 0 Å². The molecule has 5 nitrogen and oxygen atoms in total. The molecule has 1 aliphatic rings. The van der Waals surface area contributed by atoms with Crippen LogP contribution >= 0.6 is 0 Å². The Morgan fingerprint density at radius 3 is 2.88 bits per heavy atom. The van der Waals surface area contributed by atoms with Crippen LogP contribution in [-0.4, -0.2) is 20.2 Å². The van der Waals surface area contributed by atoms with Gasteiger partial charge in [0.1, 0.15) is 0 Å². The molecular formula is C11H13N5. The highest BCUT2D eigenvalue weighted by Crippen LogP contribution is 2.33. The van der Waals surface area contributed by atoms with Crippen LogP contribution in [0.4, 0.5) is 5.69 Å². The molecule has 3 rings (SSSR count). The fourth-order valence-corrected chi connectivity index (χ4v) is 1.58. The number of nitrogens with zero attached hydrogens (tertiary/aromatic N) is 4. The van der Waals surface area contributed by atoms with Gasteiger partial charge in [-0.25, -0.2) is 0 Å². The summed E-state index contributed by atoms with van der Waals surface area (Å²) in [7, 11) is 0. The van der Waals surface area contributed by atoms with E-state index in [2.05, 4.69) is 15.4 Å². The molecule has 82 valence electrons. The molecule has 2 N–H and O–H groups in total. The van der Waals surface area contributed by atoms with E-state index in [0.29, 0.717) is 11.9 Å². The van der Waals surface area contributed by atoms with Crippen molar-refractivity contribution < 1.29 is 0 Å². The van der Waals surface area contributed by atoms with Crippen LogP contribution in [-0.2, 0) is 0 Å². The fourth-order valence-electron chi connectivity index (χ4n) is 1.58. The van der Waals surface area contributed by atoms with Crippen LogP contribution in [0.2, 0.25) is 0 Å². The Bertz CT molecular complexity index is 527. The second-order valence-electron chi connectivity index (χ2n) is 4.24. The van der Waals surface area contributed by atoms with E-state index < -0.39 is 0 Å². The van der Waals surface area contributed by atoms with Gasteiger partial charge in [0.25, 0.3) is 0 Å². The predicted molar refractivity (Wildman–Crippen MR) is 60.7 cm³/mol. The van der Waals surface area contributed by atoms with Crippen molar-refractivity contribution in [2.75, 3.05) is 5.73 Å². The third kappa shape index (κ3) is 1.54. The molecule has 0 atom stereocenters. The smallest absolute Gasteiger partial charge is 0.205 e. The molecule has 0 bridgehead atoms. The molecule has 0 spiro atoms. The first-order chi connectivity index (χ1) is 7.74. The van der Waals surface area contributed by atoms with E-state index in [0.717, 1.165) is 29.7 Å². The number of aryl methyl sites for hydroxylation is 1. The van der Waals surface area contributed by atoms with Gasteiger partial charge in [0.05, 0.1) is 6.04 Å². The molecule has 1 fully saturated rings. The maximum absolute atomic E-state index is 5.85. The van der Waals surface area contributed by atoms with Gasteiger partial charge in [0, 0.05) is 11.3 Å². The Morgan fingerprint density at radius 2 is 2.19 bits per heavy atom. The van der Waals surface area contributed by atoms with Crippen LogP contribution in [0.3, 0.4) is 0 Å². The number of benzene rings is 1. The lowest BCUT2D eigenvalue weighted by atomic mass is 10.1. The molecule has 0 aliphatic heterocycles. The Labute approximate surface area is 93.3 Å². The maximum atomic E-state index is 5.85. The van der Waals surface area contributed by atoms with Gasteiger partial charge in [-0.05, 0) is 36.6 Å². The van der Waals surface area contributed by atoms with E-state index in [1.54, 1.807) is 4.80 Å². The highest BCUT2D eigenvalue weighted by atomic mass is 15.6. The molecule has 1 aromatic heterocycles. The van der Waals surface area contributed by atoms with E-state index in [-0.39, 0.29) is 0 Å². The SMILES string of the molecule is Cc1ccc(-c2nnn(C3CC3)n2)cc1N. The lowest BCUT2D eigenvalue weighted by Crippen LogP contribution is -1.98. The van der Waals surface area contributed by atoms with Crippen molar-refractivity contribution in [3.05, 3.63) is 23.8 Å². The Hall–Kier alpha value is -1.91. The Kier molecular flexibility index (Phi) is 1.92. The van der Waals surface area contributed by atoms with Gasteiger partial charge in [-0.15, -0.1) is 10.2 Å². The average Bonchev–Trinajstić information content (AvgIpc) is 3.01. The van der Waals surface area contributed by atoms with Gasteiger partial charge in [-0.2, -0.15) is 4.80 Å². The van der Waals surface area contributed by atoms with E-state index in [1.807, 2.05) is 25.1 Å². The monoisotopic (exact) mass is 215 g/mol. The van der Waals surface area contributed by atoms with Crippen LogP contribution < -0.4 is 5.73 Å². The van der Waals surface area contributed by atoms with Gasteiger partial charge in [-0.1, -0.05) is 12.1 Å². The summed E-state index contributed by atoms with van der Waals surface area (Å²) in [5, 5.41) is 12.4. The molecule has 0 saturated heterocycles. The summed E-state index contributed by atoms with van der Waals surface area (Å²) in [6.07, 6.45) is 2.32. The van der Waals surface area contributed by atoms with E-state index in [4.69, 9.17) is 5.73 Å². The molecule has 1 saturated carbocycles. The first-order valence-corrected chi connectivity index (χ1v) is 5.40. The number of rotatable bonds is 2. The molecule has 2 aromatic rings. The van der Waals surface area contributed by atoms with Crippen molar-refractivity contribution in [1.29, 1.82) is 0 Å². The molecule has 0 unspecified atom stereocenters. The van der Waals surface area contributed by atoms with Gasteiger partial charge in [-0.3, -0.25) is 0 Å². The predicted octanol–water partition coefficient (Wildman–Crippen LogP) is 1.57. The first kappa shape index (κ1) is 9.33. The summed E-state index contributed by atoms with van der Waals surface area (Å²) >= 11 is 0. The van der Waals surface area contributed by atoms with Crippen LogP contribution in [0.25, 0.3) is 11.4 Å². The summed E-state index contributed by atoms with van der Waals surface area (Å²) in [6.45, 7) is 1.98. The van der Waals surface area contributed by atoms with Crippen molar-refractivity contribution in [3.8, 4) is 11.4 Å². The van der Waals surface area contributed by atoms with Crippen molar-refractivity contribution in [2.45, 2.75) is 25.8 Å². The second kappa shape index (κ2) is 3.30. The highest BCUT2D eigenvalue weighted by Gasteiger charge is 2.26. The number of hydrogen-bond acceptors (Lipinski definition) is 4. The summed E-state index contributed by atoms with van der Waals surface area (Å²) in [4.78, 5) is 1.70. The van der Waals surface area contributed by atoms with E-state index in [1.165, 1.54) is 0 Å². The van der Waals surface area contributed by atoms with Crippen molar-refractivity contribution in [3.63, 3.8) is 0 Å². The molecular weight excluding hydrogens is 202 g/mol. The molecule has 5 heteroatoms. The molecule has 1 aliphatic carbocycles. The van der Waals surface area contributed by atoms with Crippen molar-refractivity contribution in [1.82, 2.24) is 20.2 Å². The average molecular weight is 215 g/mol. The van der Waals surface area contributed by atoms with Crippen LogP contribution in [0.15, 0.2) is 18.2 Å². The largest absolute Gasteiger partial charge is 0.398 e. The minimum absolute atomic E-state index is 0.462. The van der Waals surface area contributed by atoms with Crippen molar-refractivity contribution in [2.24, 2.45) is 0 Å². The number of nitrogen functional groups attached to an aromatic ring is 1. The number of aromatic nitrogens is 4. The van der Waals surface area contributed by atoms with E-state index in [9.17, 15) is 0 Å². The third-order valence-electron chi connectivity index (χ3n) is 2.84. The fraction of sp³-hybridized carbons (Fsp3) is 0.364. The number of anilines is 1. The lowest BCUT2D eigenvalue weighted by molar-refractivity contribution is 0.537. The normalized spacial score (nSPS) is 15.3. The zero-order chi connectivity index (χ0) is 11.1. The number of hydrogen-bond donors (Lipinski definition) is 1. The number of nitrogens with two attached hydrogens (primary N) is 1. The van der Waals surface area contributed by atoms with Gasteiger partial charge < -0.3 is 5.73 Å². The quantitative estimate of drug-likeness (QED) is 0.772. The topological polar surface area (TPSA) is 69.6 Å². The van der Waals surface area contributed by atoms with Crippen LogP contribution in [0.1, 0.15) is 24.4 Å². The lowest BCUT2D eigenvalue weighted by Gasteiger charge is -2.00. The van der Waals surface area contributed by atoms with Gasteiger partial charge in [0.15, 0.2) is 0 Å².